The van der Waals surface area contributed by atoms with Gasteiger partial charge in [-0.25, -0.2) is 4.68 Å². The van der Waals surface area contributed by atoms with Crippen LogP contribution >= 0.6 is 0 Å². The number of hydrogen-bond acceptors (Lipinski definition) is 5. The number of aliphatic hydroxyl groups is 1. The molecule has 1 fully saturated rings. The Morgan fingerprint density at radius 2 is 1.79 bits per heavy atom. The van der Waals surface area contributed by atoms with Crippen LogP contribution in [0.25, 0.3) is 11.3 Å². The zero-order valence-corrected chi connectivity index (χ0v) is 19.9. The number of para-hydroxylation sites is 2. The molecule has 0 aliphatic heterocycles. The van der Waals surface area contributed by atoms with Gasteiger partial charge in [0.25, 0.3) is 0 Å². The predicted molar refractivity (Wildman–Crippen MR) is 131 cm³/mol. The molecule has 1 aromatic heterocycles. The van der Waals surface area contributed by atoms with Gasteiger partial charge in [-0.3, -0.25) is 4.90 Å². The minimum absolute atomic E-state index is 0.319. The molecule has 6 nitrogen and oxygen atoms in total. The molecular formula is C27H35N3O3. The van der Waals surface area contributed by atoms with Crippen molar-refractivity contribution in [1.82, 2.24) is 14.7 Å². The van der Waals surface area contributed by atoms with E-state index in [0.29, 0.717) is 36.5 Å². The van der Waals surface area contributed by atoms with Crippen LogP contribution in [0.15, 0.2) is 54.6 Å². The van der Waals surface area contributed by atoms with Gasteiger partial charge in [0.2, 0.25) is 5.88 Å². The fraction of sp³-hybridized carbons (Fsp3) is 0.444. The Balaban J connectivity index is 1.69. The van der Waals surface area contributed by atoms with E-state index in [4.69, 9.17) is 14.6 Å². The van der Waals surface area contributed by atoms with E-state index in [9.17, 15) is 5.11 Å². The Hall–Kier alpha value is -2.83. The van der Waals surface area contributed by atoms with E-state index in [1.54, 1.807) is 7.11 Å². The lowest BCUT2D eigenvalue weighted by atomic mass is 10.1. The molecule has 1 heterocycles. The van der Waals surface area contributed by atoms with Crippen molar-refractivity contribution in [2.24, 2.45) is 7.05 Å². The molecule has 0 spiro atoms. The number of methoxy groups -OCH3 is 1. The number of aromatic nitrogens is 2. The molecule has 0 unspecified atom stereocenters. The van der Waals surface area contributed by atoms with E-state index in [1.165, 1.54) is 12.8 Å². The van der Waals surface area contributed by atoms with Crippen molar-refractivity contribution < 1.29 is 14.6 Å². The van der Waals surface area contributed by atoms with Crippen molar-refractivity contribution in [3.05, 3.63) is 60.2 Å². The first-order valence-corrected chi connectivity index (χ1v) is 11.9. The van der Waals surface area contributed by atoms with Gasteiger partial charge >= 0.3 is 0 Å². The molecule has 0 radical (unpaired) electrons. The molecular weight excluding hydrogens is 414 g/mol. The highest BCUT2D eigenvalue weighted by Crippen LogP contribution is 2.39. The molecule has 176 valence electrons. The number of aliphatic hydroxyl groups excluding tert-OH is 1. The quantitative estimate of drug-likeness (QED) is 0.401. The van der Waals surface area contributed by atoms with Crippen molar-refractivity contribution in [3.63, 3.8) is 0 Å². The monoisotopic (exact) mass is 449 g/mol. The maximum atomic E-state index is 10.7. The minimum atomic E-state index is -0.319. The summed E-state index contributed by atoms with van der Waals surface area (Å²) in [5.41, 5.74) is 3.00. The largest absolute Gasteiger partial charge is 0.493 e. The Bertz CT molecular complexity index is 1030. The van der Waals surface area contributed by atoms with Crippen LogP contribution in [0.4, 0.5) is 0 Å². The van der Waals surface area contributed by atoms with E-state index >= 15 is 0 Å². The van der Waals surface area contributed by atoms with Gasteiger partial charge < -0.3 is 14.6 Å². The van der Waals surface area contributed by atoms with Crippen LogP contribution < -0.4 is 9.47 Å². The van der Waals surface area contributed by atoms with E-state index in [-0.39, 0.29) is 6.10 Å². The molecule has 4 rings (SSSR count). The van der Waals surface area contributed by atoms with Crippen molar-refractivity contribution in [2.45, 2.75) is 57.7 Å². The summed E-state index contributed by atoms with van der Waals surface area (Å²) in [6, 6.07) is 18.4. The topological polar surface area (TPSA) is 59.8 Å². The van der Waals surface area contributed by atoms with E-state index < -0.39 is 0 Å². The zero-order chi connectivity index (χ0) is 23.2. The second-order valence-corrected chi connectivity index (χ2v) is 8.83. The highest BCUT2D eigenvalue weighted by molar-refractivity contribution is 5.66. The zero-order valence-electron chi connectivity index (χ0n) is 19.9. The van der Waals surface area contributed by atoms with Crippen LogP contribution in [-0.4, -0.2) is 45.6 Å². The highest BCUT2D eigenvalue weighted by Gasteiger charge is 2.33. The molecule has 2 aromatic carbocycles. The number of nitrogens with zero attached hydrogens (tertiary/aromatic N) is 3. The summed E-state index contributed by atoms with van der Waals surface area (Å²) in [4.78, 5) is 2.40. The second kappa shape index (κ2) is 10.9. The van der Waals surface area contributed by atoms with Crippen LogP contribution in [0.2, 0.25) is 0 Å². The molecule has 1 saturated carbocycles. The smallest absolute Gasteiger partial charge is 0.222 e. The molecule has 0 saturated heterocycles. The molecule has 1 atom stereocenters. The summed E-state index contributed by atoms with van der Waals surface area (Å²) < 4.78 is 13.7. The lowest BCUT2D eigenvalue weighted by molar-refractivity contribution is 0.0951. The van der Waals surface area contributed by atoms with Crippen LogP contribution in [0.3, 0.4) is 0 Å². The van der Waals surface area contributed by atoms with Crippen LogP contribution in [0.5, 0.6) is 17.4 Å². The third-order valence-corrected chi connectivity index (χ3v) is 6.17. The first-order chi connectivity index (χ1) is 16.1. The third kappa shape index (κ3) is 5.75. The summed E-state index contributed by atoms with van der Waals surface area (Å²) in [6.07, 6.45) is 5.00. The molecule has 1 aliphatic rings. The van der Waals surface area contributed by atoms with Crippen LogP contribution in [0.1, 0.15) is 44.6 Å². The number of benzene rings is 2. The molecule has 6 heteroatoms. The maximum Gasteiger partial charge on any atom is 0.222 e. The maximum absolute atomic E-state index is 10.7. The highest BCUT2D eigenvalue weighted by atomic mass is 16.5. The molecule has 1 aliphatic carbocycles. The van der Waals surface area contributed by atoms with Crippen molar-refractivity contribution in [1.29, 1.82) is 0 Å². The third-order valence-electron chi connectivity index (χ3n) is 6.17. The number of unbranched alkanes of at least 4 members (excludes halogenated alkanes) is 1. The van der Waals surface area contributed by atoms with E-state index in [1.807, 2.05) is 54.2 Å². The normalized spacial score (nSPS) is 14.5. The van der Waals surface area contributed by atoms with Gasteiger partial charge in [-0.15, -0.1) is 0 Å². The van der Waals surface area contributed by atoms with Gasteiger partial charge in [-0.2, -0.15) is 5.10 Å². The lowest BCUT2D eigenvalue weighted by Gasteiger charge is -2.25. The van der Waals surface area contributed by atoms with Crippen LogP contribution in [-0.2, 0) is 13.6 Å². The first kappa shape index (κ1) is 23.3. The van der Waals surface area contributed by atoms with E-state index in [2.05, 4.69) is 24.0 Å². The Labute approximate surface area is 196 Å². The van der Waals surface area contributed by atoms with Gasteiger partial charge in [-0.1, -0.05) is 62.2 Å². The predicted octanol–water partition coefficient (Wildman–Crippen LogP) is 5.40. The minimum Gasteiger partial charge on any atom is -0.493 e. The summed E-state index contributed by atoms with van der Waals surface area (Å²) in [7, 11) is 3.56. The molecule has 0 amide bonds. The SMILES string of the molecule is CCCC[C@@H](O)CN(Cc1c(-c2ccccc2)nn(C)c1Oc1ccccc1OC)C1CC1. The van der Waals surface area contributed by atoms with Gasteiger partial charge in [0.05, 0.1) is 18.8 Å². The molecule has 0 bridgehead atoms. The van der Waals surface area contributed by atoms with Gasteiger partial charge in [-0.05, 0) is 31.4 Å². The lowest BCUT2D eigenvalue weighted by Crippen LogP contribution is -2.34. The van der Waals surface area contributed by atoms with E-state index in [0.717, 1.165) is 36.1 Å². The Kier molecular flexibility index (Phi) is 7.68. The van der Waals surface area contributed by atoms with Gasteiger partial charge in [0, 0.05) is 31.7 Å². The van der Waals surface area contributed by atoms with Crippen molar-refractivity contribution in [2.75, 3.05) is 13.7 Å². The number of aryl methyl sites for hydroxylation is 1. The molecule has 1 N–H and O–H groups in total. The van der Waals surface area contributed by atoms with Gasteiger partial charge in [0.15, 0.2) is 11.5 Å². The molecule has 3 aromatic rings. The van der Waals surface area contributed by atoms with Crippen molar-refractivity contribution in [3.8, 4) is 28.6 Å². The summed E-state index contributed by atoms with van der Waals surface area (Å²) in [5, 5.41) is 15.5. The second-order valence-electron chi connectivity index (χ2n) is 8.83. The summed E-state index contributed by atoms with van der Waals surface area (Å²) in [5.74, 6) is 2.04. The van der Waals surface area contributed by atoms with Crippen LogP contribution in [0, 0.1) is 0 Å². The number of ether oxygens (including phenoxy) is 2. The molecule has 33 heavy (non-hydrogen) atoms. The number of hydrogen-bond donors (Lipinski definition) is 1. The number of rotatable bonds is 12. The fourth-order valence-corrected chi connectivity index (χ4v) is 4.25. The average Bonchev–Trinajstić information content (AvgIpc) is 3.64. The standard InChI is InChI=1S/C27H35N3O3/c1-4-5-13-22(31)18-30(21-16-17-21)19-23-26(20-11-7-6-8-12-20)28-29(2)27(23)33-25-15-10-9-14-24(25)32-3/h6-12,14-15,21-22,31H,4-5,13,16-19H2,1-3H3/t22-/m1/s1. The summed E-state index contributed by atoms with van der Waals surface area (Å²) >= 11 is 0. The Morgan fingerprint density at radius 1 is 1.09 bits per heavy atom. The fourth-order valence-electron chi connectivity index (χ4n) is 4.25. The average molecular weight is 450 g/mol. The van der Waals surface area contributed by atoms with Gasteiger partial charge in [0.1, 0.15) is 5.69 Å². The summed E-state index contributed by atoms with van der Waals surface area (Å²) in [6.45, 7) is 3.51. The Morgan fingerprint density at radius 3 is 2.45 bits per heavy atom. The first-order valence-electron chi connectivity index (χ1n) is 11.9. The van der Waals surface area contributed by atoms with Crippen molar-refractivity contribution >= 4 is 0 Å².